The van der Waals surface area contributed by atoms with Gasteiger partial charge in [-0.25, -0.2) is 4.98 Å². The first-order valence-electron chi connectivity index (χ1n) is 6.80. The van der Waals surface area contributed by atoms with E-state index in [2.05, 4.69) is 9.97 Å². The zero-order valence-electron chi connectivity index (χ0n) is 12.0. The summed E-state index contributed by atoms with van der Waals surface area (Å²) in [5.74, 6) is 1.30. The van der Waals surface area contributed by atoms with Gasteiger partial charge in [0.2, 0.25) is 0 Å². The number of methoxy groups -OCH3 is 1. The molecule has 0 fully saturated rings. The smallest absolute Gasteiger partial charge is 0.258 e. The van der Waals surface area contributed by atoms with Gasteiger partial charge in [-0.05, 0) is 29.8 Å². The van der Waals surface area contributed by atoms with Gasteiger partial charge < -0.3 is 9.72 Å². The van der Waals surface area contributed by atoms with Gasteiger partial charge in [0.15, 0.2) is 0 Å². The molecule has 0 aliphatic heterocycles. The fraction of sp³-hybridized carbons (Fsp3) is 0.118. The fourth-order valence-electron chi connectivity index (χ4n) is 2.34. The molecule has 0 atom stereocenters. The van der Waals surface area contributed by atoms with Crippen LogP contribution in [0.4, 0.5) is 0 Å². The topological polar surface area (TPSA) is 72.0 Å². The van der Waals surface area contributed by atoms with Crippen molar-refractivity contribution in [2.75, 3.05) is 7.11 Å². The summed E-state index contributed by atoms with van der Waals surface area (Å²) >= 11 is 0. The summed E-state index contributed by atoms with van der Waals surface area (Å²) in [6.07, 6.45) is 1.22. The summed E-state index contributed by atoms with van der Waals surface area (Å²) in [5.41, 5.74) is 1.79. The number of nitrogens with one attached hydrogen (secondary N) is 1. The Morgan fingerprint density at radius 1 is 1.23 bits per heavy atom. The van der Waals surface area contributed by atoms with Gasteiger partial charge in [-0.1, -0.05) is 18.2 Å². The normalized spacial score (nSPS) is 10.6. The van der Waals surface area contributed by atoms with Crippen LogP contribution in [0, 0.1) is 0 Å². The summed E-state index contributed by atoms with van der Waals surface area (Å²) in [7, 11) is 1.61. The first kappa shape index (κ1) is 14.0. The Kier molecular flexibility index (Phi) is 3.70. The maximum atomic E-state index is 12.1. The number of H-pyrrole nitrogens is 1. The molecule has 0 saturated heterocycles. The molecule has 0 aliphatic rings. The molecule has 0 radical (unpaired) electrons. The second-order valence-electron chi connectivity index (χ2n) is 4.94. The van der Waals surface area contributed by atoms with Crippen LogP contribution >= 0.6 is 0 Å². The molecule has 2 aromatic carbocycles. The van der Waals surface area contributed by atoms with Crippen molar-refractivity contribution in [3.63, 3.8) is 0 Å². The summed E-state index contributed by atoms with van der Waals surface area (Å²) in [6, 6.07) is 12.4. The number of carbonyl (C=O) groups is 1. The lowest BCUT2D eigenvalue weighted by atomic mass is 10.1. The number of hydrogen-bond acceptors (Lipinski definition) is 4. The number of aldehydes is 1. The standard InChI is InChI=1S/C17H14N2O3/c1-22-13-4-2-3-11(7-13)9-16-18-15-8-12(10-20)5-6-14(15)17(21)19-16/h2-8,10H,9H2,1H3,(H,18,19,21). The highest BCUT2D eigenvalue weighted by Gasteiger charge is 2.06. The van der Waals surface area contributed by atoms with Crippen molar-refractivity contribution in [1.29, 1.82) is 0 Å². The molecule has 0 spiro atoms. The second kappa shape index (κ2) is 5.81. The van der Waals surface area contributed by atoms with Crippen molar-refractivity contribution in [2.24, 2.45) is 0 Å². The maximum Gasteiger partial charge on any atom is 0.258 e. The molecule has 1 N–H and O–H groups in total. The van der Waals surface area contributed by atoms with Crippen LogP contribution in [-0.2, 0) is 6.42 Å². The minimum absolute atomic E-state index is 0.208. The largest absolute Gasteiger partial charge is 0.497 e. The number of carbonyl (C=O) groups excluding carboxylic acids is 1. The molecular formula is C17H14N2O3. The number of nitrogens with zero attached hydrogens (tertiary/aromatic N) is 1. The van der Waals surface area contributed by atoms with Gasteiger partial charge in [0.05, 0.1) is 18.0 Å². The molecule has 3 aromatic rings. The highest BCUT2D eigenvalue weighted by atomic mass is 16.5. The first-order valence-corrected chi connectivity index (χ1v) is 6.80. The van der Waals surface area contributed by atoms with Crippen molar-refractivity contribution >= 4 is 17.2 Å². The van der Waals surface area contributed by atoms with E-state index < -0.39 is 0 Å². The van der Waals surface area contributed by atoms with Crippen LogP contribution in [0.15, 0.2) is 47.3 Å². The van der Waals surface area contributed by atoms with Crippen molar-refractivity contribution in [2.45, 2.75) is 6.42 Å². The molecule has 3 rings (SSSR count). The number of aromatic amines is 1. The summed E-state index contributed by atoms with van der Waals surface area (Å²) in [6.45, 7) is 0. The van der Waals surface area contributed by atoms with Crippen LogP contribution in [0.5, 0.6) is 5.75 Å². The minimum Gasteiger partial charge on any atom is -0.497 e. The average molecular weight is 294 g/mol. The highest BCUT2D eigenvalue weighted by molar-refractivity contribution is 5.85. The summed E-state index contributed by atoms with van der Waals surface area (Å²) in [4.78, 5) is 30.2. The monoisotopic (exact) mass is 294 g/mol. The van der Waals surface area contributed by atoms with E-state index in [9.17, 15) is 9.59 Å². The van der Waals surface area contributed by atoms with Gasteiger partial charge in [0.25, 0.3) is 5.56 Å². The molecule has 0 unspecified atom stereocenters. The van der Waals surface area contributed by atoms with Gasteiger partial charge in [0, 0.05) is 12.0 Å². The van der Waals surface area contributed by atoms with Crippen molar-refractivity contribution in [3.05, 3.63) is 69.8 Å². The Bertz CT molecular complexity index is 900. The zero-order chi connectivity index (χ0) is 15.5. The van der Waals surface area contributed by atoms with Crippen LogP contribution in [0.25, 0.3) is 10.9 Å². The Balaban J connectivity index is 2.03. The number of rotatable bonds is 4. The molecule has 1 heterocycles. The Morgan fingerprint density at radius 3 is 2.86 bits per heavy atom. The van der Waals surface area contributed by atoms with Crippen molar-refractivity contribution in [3.8, 4) is 5.75 Å². The third-order valence-corrected chi connectivity index (χ3v) is 3.42. The Labute approximate surface area is 126 Å². The van der Waals surface area contributed by atoms with E-state index in [1.165, 1.54) is 0 Å². The van der Waals surface area contributed by atoms with E-state index in [4.69, 9.17) is 4.74 Å². The lowest BCUT2D eigenvalue weighted by molar-refractivity contribution is 0.112. The number of fused-ring (bicyclic) bond motifs is 1. The number of ether oxygens (including phenoxy) is 1. The molecule has 5 nitrogen and oxygen atoms in total. The molecule has 0 saturated carbocycles. The van der Waals surface area contributed by atoms with Gasteiger partial charge in [0.1, 0.15) is 17.9 Å². The summed E-state index contributed by atoms with van der Waals surface area (Å²) < 4.78 is 5.19. The number of hydrogen-bond donors (Lipinski definition) is 1. The Morgan fingerprint density at radius 2 is 2.09 bits per heavy atom. The van der Waals surface area contributed by atoms with E-state index in [1.54, 1.807) is 25.3 Å². The molecule has 1 aromatic heterocycles. The van der Waals surface area contributed by atoms with Crippen LogP contribution in [0.3, 0.4) is 0 Å². The average Bonchev–Trinajstić information content (AvgIpc) is 2.54. The quantitative estimate of drug-likeness (QED) is 0.750. The van der Waals surface area contributed by atoms with E-state index in [-0.39, 0.29) is 5.56 Å². The van der Waals surface area contributed by atoms with Crippen LogP contribution in [0.1, 0.15) is 21.7 Å². The molecular weight excluding hydrogens is 280 g/mol. The molecule has 0 amide bonds. The third-order valence-electron chi connectivity index (χ3n) is 3.42. The molecule has 0 aliphatic carbocycles. The minimum atomic E-state index is -0.208. The maximum absolute atomic E-state index is 12.1. The molecule has 0 bridgehead atoms. The van der Waals surface area contributed by atoms with Crippen molar-refractivity contribution < 1.29 is 9.53 Å². The van der Waals surface area contributed by atoms with E-state index >= 15 is 0 Å². The van der Waals surface area contributed by atoms with Gasteiger partial charge in [-0.2, -0.15) is 0 Å². The number of benzene rings is 2. The third kappa shape index (κ3) is 2.74. The van der Waals surface area contributed by atoms with Gasteiger partial charge >= 0.3 is 0 Å². The lowest BCUT2D eigenvalue weighted by Gasteiger charge is -2.05. The van der Waals surface area contributed by atoms with Crippen LogP contribution in [0.2, 0.25) is 0 Å². The fourth-order valence-corrected chi connectivity index (χ4v) is 2.34. The molecule has 110 valence electrons. The van der Waals surface area contributed by atoms with E-state index in [0.29, 0.717) is 28.7 Å². The van der Waals surface area contributed by atoms with Gasteiger partial charge in [-0.15, -0.1) is 0 Å². The zero-order valence-corrected chi connectivity index (χ0v) is 12.0. The SMILES string of the molecule is COc1cccc(Cc2nc3cc(C=O)ccc3c(=O)[nH]2)c1. The first-order chi connectivity index (χ1) is 10.7. The van der Waals surface area contributed by atoms with Crippen LogP contribution < -0.4 is 10.3 Å². The highest BCUT2D eigenvalue weighted by Crippen LogP contribution is 2.15. The molecule has 22 heavy (non-hydrogen) atoms. The van der Waals surface area contributed by atoms with E-state index in [1.807, 2.05) is 24.3 Å². The number of aromatic nitrogens is 2. The summed E-state index contributed by atoms with van der Waals surface area (Å²) in [5, 5.41) is 0.472. The van der Waals surface area contributed by atoms with Crippen molar-refractivity contribution in [1.82, 2.24) is 9.97 Å². The van der Waals surface area contributed by atoms with E-state index in [0.717, 1.165) is 17.6 Å². The second-order valence-corrected chi connectivity index (χ2v) is 4.94. The lowest BCUT2D eigenvalue weighted by Crippen LogP contribution is -2.12. The van der Waals surface area contributed by atoms with Crippen LogP contribution in [-0.4, -0.2) is 23.4 Å². The molecule has 5 heteroatoms. The predicted molar refractivity (Wildman–Crippen MR) is 83.6 cm³/mol. The Hall–Kier alpha value is -2.95. The predicted octanol–water partition coefficient (Wildman–Crippen LogP) is 2.33. The van der Waals surface area contributed by atoms with Gasteiger partial charge in [-0.3, -0.25) is 9.59 Å².